The minimum Gasteiger partial charge on any atom is -0.348 e. The van der Waals surface area contributed by atoms with E-state index in [-0.39, 0.29) is 5.41 Å². The van der Waals surface area contributed by atoms with Gasteiger partial charge in [-0.25, -0.2) is 0 Å². The first kappa shape index (κ1) is 10.8. The molecule has 1 aromatic carbocycles. The number of allylic oxidation sites excluding steroid dienone is 1. The molecule has 0 aliphatic carbocycles. The summed E-state index contributed by atoms with van der Waals surface area (Å²) in [6.45, 7) is 8.34. The molecule has 0 amide bonds. The first-order valence-corrected chi connectivity index (χ1v) is 5.54. The van der Waals surface area contributed by atoms with Crippen molar-refractivity contribution in [2.75, 3.05) is 11.9 Å². The molecule has 1 heterocycles. The van der Waals surface area contributed by atoms with E-state index in [0.29, 0.717) is 10.0 Å². The van der Waals surface area contributed by atoms with Crippen molar-refractivity contribution in [2.24, 2.45) is 0 Å². The van der Waals surface area contributed by atoms with E-state index >= 15 is 0 Å². The zero-order valence-corrected chi connectivity index (χ0v) is 10.6. The van der Waals surface area contributed by atoms with Crippen LogP contribution in [-0.4, -0.2) is 7.05 Å². The molecule has 1 aliphatic heterocycles. The Bertz CT molecular complexity index is 449. The number of nitrogens with zero attached hydrogens (tertiary/aromatic N) is 1. The summed E-state index contributed by atoms with van der Waals surface area (Å²) in [6.07, 6.45) is 0. The van der Waals surface area contributed by atoms with Gasteiger partial charge in [0.25, 0.3) is 0 Å². The number of anilines is 1. The maximum Gasteiger partial charge on any atom is 0.0483 e. The van der Waals surface area contributed by atoms with E-state index in [1.165, 1.54) is 0 Å². The van der Waals surface area contributed by atoms with Crippen LogP contribution < -0.4 is 4.90 Å². The van der Waals surface area contributed by atoms with E-state index in [1.54, 1.807) is 6.07 Å². The molecule has 1 aromatic rings. The van der Waals surface area contributed by atoms with Crippen LogP contribution in [-0.2, 0) is 5.41 Å². The van der Waals surface area contributed by atoms with Gasteiger partial charge in [-0.2, -0.15) is 0 Å². The third kappa shape index (κ3) is 1.37. The lowest BCUT2D eigenvalue weighted by molar-refractivity contribution is 0.643. The lowest BCUT2D eigenvalue weighted by Gasteiger charge is -2.22. The monoisotopic (exact) mass is 241 g/mol. The third-order valence-corrected chi connectivity index (χ3v) is 3.66. The highest BCUT2D eigenvalue weighted by atomic mass is 35.5. The average molecular weight is 242 g/mol. The molecule has 1 aliphatic rings. The Balaban J connectivity index is 2.77. The fourth-order valence-corrected chi connectivity index (χ4v) is 2.87. The number of benzene rings is 1. The van der Waals surface area contributed by atoms with E-state index in [9.17, 15) is 0 Å². The summed E-state index contributed by atoms with van der Waals surface area (Å²) >= 11 is 12.2. The SMILES string of the molecule is C=C1N(C)c2cc(Cl)cc(Cl)c2C1(C)C. The summed E-state index contributed by atoms with van der Waals surface area (Å²) in [4.78, 5) is 2.05. The van der Waals surface area contributed by atoms with Crippen LogP contribution in [0.2, 0.25) is 10.0 Å². The molecule has 2 rings (SSSR count). The van der Waals surface area contributed by atoms with Crippen molar-refractivity contribution < 1.29 is 0 Å². The highest BCUT2D eigenvalue weighted by molar-refractivity contribution is 6.36. The van der Waals surface area contributed by atoms with Gasteiger partial charge >= 0.3 is 0 Å². The molecule has 0 bridgehead atoms. The van der Waals surface area contributed by atoms with Crippen LogP contribution >= 0.6 is 23.2 Å². The Morgan fingerprint density at radius 3 is 2.47 bits per heavy atom. The van der Waals surface area contributed by atoms with Crippen LogP contribution in [0.5, 0.6) is 0 Å². The van der Waals surface area contributed by atoms with Crippen LogP contribution in [0.1, 0.15) is 19.4 Å². The normalized spacial score (nSPS) is 18.2. The smallest absolute Gasteiger partial charge is 0.0483 e. The molecule has 0 unspecified atom stereocenters. The van der Waals surface area contributed by atoms with E-state index in [1.807, 2.05) is 18.0 Å². The molecular formula is C12H13Cl2N. The highest BCUT2D eigenvalue weighted by Crippen LogP contribution is 2.50. The van der Waals surface area contributed by atoms with Crippen molar-refractivity contribution in [3.05, 3.63) is 40.0 Å². The number of likely N-dealkylation sites (N-methyl/N-ethyl adjacent to an activating group) is 1. The van der Waals surface area contributed by atoms with Gasteiger partial charge in [0.15, 0.2) is 0 Å². The van der Waals surface area contributed by atoms with E-state index in [2.05, 4.69) is 20.4 Å². The quantitative estimate of drug-likeness (QED) is 0.657. The summed E-state index contributed by atoms with van der Waals surface area (Å²) in [6, 6.07) is 3.72. The molecule has 1 nitrogen and oxygen atoms in total. The van der Waals surface area contributed by atoms with Crippen molar-refractivity contribution in [1.29, 1.82) is 0 Å². The number of hydrogen-bond acceptors (Lipinski definition) is 1. The minimum absolute atomic E-state index is 0.119. The van der Waals surface area contributed by atoms with Gasteiger partial charge in [-0.05, 0) is 12.1 Å². The van der Waals surface area contributed by atoms with Gasteiger partial charge in [0.1, 0.15) is 0 Å². The number of fused-ring (bicyclic) bond motifs is 1. The minimum atomic E-state index is -0.119. The second-order valence-corrected chi connectivity index (χ2v) is 5.26. The largest absolute Gasteiger partial charge is 0.348 e. The molecule has 3 heteroatoms. The van der Waals surface area contributed by atoms with Crippen molar-refractivity contribution >= 4 is 28.9 Å². The van der Waals surface area contributed by atoms with Crippen LogP contribution in [0.4, 0.5) is 5.69 Å². The van der Waals surface area contributed by atoms with Crippen LogP contribution in [0.15, 0.2) is 24.4 Å². The second-order valence-electron chi connectivity index (χ2n) is 4.41. The number of rotatable bonds is 0. The molecule has 0 spiro atoms. The van der Waals surface area contributed by atoms with Crippen molar-refractivity contribution in [3.63, 3.8) is 0 Å². The summed E-state index contributed by atoms with van der Waals surface area (Å²) in [5.74, 6) is 0. The van der Waals surface area contributed by atoms with E-state index in [4.69, 9.17) is 23.2 Å². The van der Waals surface area contributed by atoms with Crippen molar-refractivity contribution in [3.8, 4) is 0 Å². The zero-order chi connectivity index (χ0) is 11.4. The van der Waals surface area contributed by atoms with Gasteiger partial charge in [-0.15, -0.1) is 0 Å². The summed E-state index contributed by atoms with van der Waals surface area (Å²) < 4.78 is 0. The molecule has 0 fully saturated rings. The second kappa shape index (κ2) is 3.16. The van der Waals surface area contributed by atoms with Gasteiger partial charge in [0, 0.05) is 39.5 Å². The van der Waals surface area contributed by atoms with Crippen LogP contribution in [0.25, 0.3) is 0 Å². The van der Waals surface area contributed by atoms with Crippen LogP contribution in [0.3, 0.4) is 0 Å². The number of halogens is 2. The molecular weight excluding hydrogens is 229 g/mol. The first-order chi connectivity index (χ1) is 6.85. The molecule has 80 valence electrons. The summed E-state index contributed by atoms with van der Waals surface area (Å²) in [7, 11) is 1.99. The van der Waals surface area contributed by atoms with Crippen molar-refractivity contribution in [2.45, 2.75) is 19.3 Å². The fourth-order valence-electron chi connectivity index (χ4n) is 2.15. The van der Waals surface area contributed by atoms with Crippen molar-refractivity contribution in [1.82, 2.24) is 0 Å². The maximum absolute atomic E-state index is 6.24. The molecule has 0 aromatic heterocycles. The van der Waals surface area contributed by atoms with Gasteiger partial charge < -0.3 is 4.90 Å². The molecule has 0 saturated heterocycles. The van der Waals surface area contributed by atoms with Crippen LogP contribution in [0, 0.1) is 0 Å². The summed E-state index contributed by atoms with van der Waals surface area (Å²) in [5, 5.41) is 1.38. The van der Waals surface area contributed by atoms with E-state index < -0.39 is 0 Å². The predicted octanol–water partition coefficient (Wildman–Crippen LogP) is 4.23. The Morgan fingerprint density at radius 1 is 1.27 bits per heavy atom. The molecule has 0 radical (unpaired) electrons. The fraction of sp³-hybridized carbons (Fsp3) is 0.333. The summed E-state index contributed by atoms with van der Waals surface area (Å²) in [5.41, 5.74) is 3.09. The Morgan fingerprint density at radius 2 is 1.87 bits per heavy atom. The molecule has 15 heavy (non-hydrogen) atoms. The third-order valence-electron chi connectivity index (χ3n) is 3.15. The Hall–Kier alpha value is -0.660. The predicted molar refractivity (Wildman–Crippen MR) is 67.0 cm³/mol. The van der Waals surface area contributed by atoms with Gasteiger partial charge in [0.2, 0.25) is 0 Å². The molecule has 0 N–H and O–H groups in total. The standard InChI is InChI=1S/C12H13Cl2N/c1-7-12(2,3)11-9(14)5-8(13)6-10(11)15(7)4/h5-6H,1H2,2-4H3. The zero-order valence-electron chi connectivity index (χ0n) is 9.06. The number of hydrogen-bond donors (Lipinski definition) is 0. The highest BCUT2D eigenvalue weighted by Gasteiger charge is 2.39. The Kier molecular flexibility index (Phi) is 2.29. The topological polar surface area (TPSA) is 3.24 Å². The van der Waals surface area contributed by atoms with Gasteiger partial charge in [-0.3, -0.25) is 0 Å². The van der Waals surface area contributed by atoms with Gasteiger partial charge in [0.05, 0.1) is 0 Å². The lowest BCUT2D eigenvalue weighted by Crippen LogP contribution is -2.21. The maximum atomic E-state index is 6.24. The lowest BCUT2D eigenvalue weighted by atomic mass is 9.84. The molecule has 0 atom stereocenters. The van der Waals surface area contributed by atoms with Gasteiger partial charge in [-0.1, -0.05) is 43.6 Å². The first-order valence-electron chi connectivity index (χ1n) is 4.78. The Labute approximate surface area is 100 Å². The van der Waals surface area contributed by atoms with E-state index in [0.717, 1.165) is 16.9 Å². The average Bonchev–Trinajstić information content (AvgIpc) is 2.27. The molecule has 0 saturated carbocycles.